The Kier molecular flexibility index (Phi) is 5.28. The standard InChI is InChI=1S/C18H22N4O2/c1-13-3-6-17(21-10-13)19-7-2-8-20-18(23)22-16-5-4-14-11-24-12-15(14)9-16/h3-6,9-10H,2,7-8,11-12H2,1H3,(H,19,21)(H2,20,22,23). The molecule has 1 aliphatic heterocycles. The lowest BCUT2D eigenvalue weighted by molar-refractivity contribution is 0.134. The van der Waals surface area contributed by atoms with Crippen LogP contribution in [0.15, 0.2) is 36.5 Å². The number of anilines is 2. The molecule has 1 aliphatic rings. The van der Waals surface area contributed by atoms with E-state index in [1.165, 1.54) is 5.56 Å². The molecule has 0 saturated heterocycles. The zero-order chi connectivity index (χ0) is 16.8. The molecule has 2 aromatic rings. The van der Waals surface area contributed by atoms with Gasteiger partial charge in [0.15, 0.2) is 0 Å². The van der Waals surface area contributed by atoms with Gasteiger partial charge >= 0.3 is 6.03 Å². The molecule has 3 N–H and O–H groups in total. The van der Waals surface area contributed by atoms with Gasteiger partial charge in [-0.15, -0.1) is 0 Å². The molecule has 0 bridgehead atoms. The highest BCUT2D eigenvalue weighted by Gasteiger charge is 2.11. The van der Waals surface area contributed by atoms with Crippen molar-refractivity contribution in [3.05, 3.63) is 53.2 Å². The second kappa shape index (κ2) is 7.79. The summed E-state index contributed by atoms with van der Waals surface area (Å²) < 4.78 is 5.37. The van der Waals surface area contributed by atoms with Crippen molar-refractivity contribution in [2.75, 3.05) is 23.7 Å². The first-order chi connectivity index (χ1) is 11.7. The maximum atomic E-state index is 11.9. The van der Waals surface area contributed by atoms with Crippen LogP contribution in [0.2, 0.25) is 0 Å². The third-order valence-corrected chi connectivity index (χ3v) is 3.84. The third kappa shape index (κ3) is 4.45. The van der Waals surface area contributed by atoms with E-state index in [-0.39, 0.29) is 6.03 Å². The lowest BCUT2D eigenvalue weighted by Crippen LogP contribution is -2.30. The Morgan fingerprint density at radius 3 is 2.88 bits per heavy atom. The van der Waals surface area contributed by atoms with E-state index in [0.717, 1.165) is 35.6 Å². The van der Waals surface area contributed by atoms with Crippen LogP contribution < -0.4 is 16.0 Å². The minimum Gasteiger partial charge on any atom is -0.372 e. The molecule has 6 nitrogen and oxygen atoms in total. The first-order valence-electron chi connectivity index (χ1n) is 8.11. The predicted octanol–water partition coefficient (Wildman–Crippen LogP) is 3.04. The van der Waals surface area contributed by atoms with E-state index in [4.69, 9.17) is 4.74 Å². The van der Waals surface area contributed by atoms with Gasteiger partial charge in [-0.1, -0.05) is 12.1 Å². The molecule has 2 amide bonds. The van der Waals surface area contributed by atoms with Crippen LogP contribution >= 0.6 is 0 Å². The summed E-state index contributed by atoms with van der Waals surface area (Å²) in [5.74, 6) is 0.852. The highest BCUT2D eigenvalue weighted by atomic mass is 16.5. The van der Waals surface area contributed by atoms with Crippen molar-refractivity contribution in [2.45, 2.75) is 26.6 Å². The van der Waals surface area contributed by atoms with E-state index in [9.17, 15) is 4.79 Å². The van der Waals surface area contributed by atoms with Gasteiger partial charge in [0, 0.05) is 25.0 Å². The Balaban J connectivity index is 1.34. The third-order valence-electron chi connectivity index (χ3n) is 3.84. The zero-order valence-corrected chi connectivity index (χ0v) is 13.8. The smallest absolute Gasteiger partial charge is 0.319 e. The molecule has 0 spiro atoms. The van der Waals surface area contributed by atoms with Crippen LogP contribution in [0, 0.1) is 6.92 Å². The number of pyridine rings is 1. The fourth-order valence-electron chi connectivity index (χ4n) is 2.50. The van der Waals surface area contributed by atoms with Crippen LogP contribution in [0.5, 0.6) is 0 Å². The Hall–Kier alpha value is -2.60. The van der Waals surface area contributed by atoms with Gasteiger partial charge in [0.25, 0.3) is 0 Å². The molecule has 0 fully saturated rings. The van der Waals surface area contributed by atoms with E-state index in [1.54, 1.807) is 0 Å². The molecule has 1 aromatic heterocycles. The van der Waals surface area contributed by atoms with Crippen molar-refractivity contribution < 1.29 is 9.53 Å². The van der Waals surface area contributed by atoms with Gasteiger partial charge in [-0.05, 0) is 48.2 Å². The van der Waals surface area contributed by atoms with Crippen LogP contribution in [0.4, 0.5) is 16.3 Å². The van der Waals surface area contributed by atoms with Crippen molar-refractivity contribution in [3.63, 3.8) is 0 Å². The molecule has 2 heterocycles. The molecular formula is C18H22N4O2. The molecule has 0 unspecified atom stereocenters. The number of fused-ring (bicyclic) bond motifs is 1. The molecular weight excluding hydrogens is 304 g/mol. The second-order valence-electron chi connectivity index (χ2n) is 5.86. The number of carbonyl (C=O) groups excluding carboxylic acids is 1. The lowest BCUT2D eigenvalue weighted by Gasteiger charge is -2.09. The summed E-state index contributed by atoms with van der Waals surface area (Å²) in [6.45, 7) is 4.63. The summed E-state index contributed by atoms with van der Waals surface area (Å²) in [6, 6.07) is 9.64. The van der Waals surface area contributed by atoms with E-state index in [0.29, 0.717) is 19.8 Å². The number of hydrogen-bond donors (Lipinski definition) is 3. The number of aryl methyl sites for hydroxylation is 1. The molecule has 0 saturated carbocycles. The van der Waals surface area contributed by atoms with Crippen LogP contribution in [0.3, 0.4) is 0 Å². The van der Waals surface area contributed by atoms with Crippen LogP contribution in [-0.2, 0) is 18.0 Å². The van der Waals surface area contributed by atoms with Gasteiger partial charge in [0.05, 0.1) is 13.2 Å². The Bertz CT molecular complexity index is 701. The van der Waals surface area contributed by atoms with Crippen molar-refractivity contribution in [1.29, 1.82) is 0 Å². The predicted molar refractivity (Wildman–Crippen MR) is 94.0 cm³/mol. The average Bonchev–Trinajstić information content (AvgIpc) is 3.04. The minimum absolute atomic E-state index is 0.192. The number of aromatic nitrogens is 1. The number of rotatable bonds is 6. The number of hydrogen-bond acceptors (Lipinski definition) is 4. The van der Waals surface area contributed by atoms with Crippen molar-refractivity contribution in [2.24, 2.45) is 0 Å². The van der Waals surface area contributed by atoms with E-state index in [2.05, 4.69) is 20.9 Å². The van der Waals surface area contributed by atoms with E-state index < -0.39 is 0 Å². The molecule has 0 atom stereocenters. The molecule has 24 heavy (non-hydrogen) atoms. The second-order valence-corrected chi connectivity index (χ2v) is 5.86. The number of amides is 2. The highest BCUT2D eigenvalue weighted by molar-refractivity contribution is 5.89. The van der Waals surface area contributed by atoms with Gasteiger partial charge in [-0.25, -0.2) is 9.78 Å². The largest absolute Gasteiger partial charge is 0.372 e. The quantitative estimate of drug-likeness (QED) is 0.713. The number of carbonyl (C=O) groups is 1. The number of nitrogens with zero attached hydrogens (tertiary/aromatic N) is 1. The molecule has 126 valence electrons. The molecule has 0 radical (unpaired) electrons. The van der Waals surface area contributed by atoms with Gasteiger partial charge < -0.3 is 20.7 Å². The SMILES string of the molecule is Cc1ccc(NCCCNC(=O)Nc2ccc3c(c2)COC3)nc1. The van der Waals surface area contributed by atoms with Crippen molar-refractivity contribution in [3.8, 4) is 0 Å². The summed E-state index contributed by atoms with van der Waals surface area (Å²) in [5.41, 5.74) is 4.26. The van der Waals surface area contributed by atoms with Crippen molar-refractivity contribution >= 4 is 17.5 Å². The Morgan fingerprint density at radius 1 is 1.17 bits per heavy atom. The number of benzene rings is 1. The topological polar surface area (TPSA) is 75.3 Å². The molecule has 3 rings (SSSR count). The summed E-state index contributed by atoms with van der Waals surface area (Å²) >= 11 is 0. The maximum Gasteiger partial charge on any atom is 0.319 e. The number of ether oxygens (including phenoxy) is 1. The normalized spacial score (nSPS) is 12.5. The molecule has 1 aromatic carbocycles. The van der Waals surface area contributed by atoms with Crippen LogP contribution in [-0.4, -0.2) is 24.1 Å². The molecule has 0 aliphatic carbocycles. The van der Waals surface area contributed by atoms with E-state index in [1.807, 2.05) is 43.5 Å². The fraction of sp³-hybridized carbons (Fsp3) is 0.333. The zero-order valence-electron chi connectivity index (χ0n) is 13.8. The van der Waals surface area contributed by atoms with Gasteiger partial charge in [0.2, 0.25) is 0 Å². The summed E-state index contributed by atoms with van der Waals surface area (Å²) in [5, 5.41) is 8.93. The van der Waals surface area contributed by atoms with Crippen LogP contribution in [0.25, 0.3) is 0 Å². The summed E-state index contributed by atoms with van der Waals surface area (Å²) in [7, 11) is 0. The number of urea groups is 1. The lowest BCUT2D eigenvalue weighted by atomic mass is 10.1. The van der Waals surface area contributed by atoms with Gasteiger partial charge in [-0.2, -0.15) is 0 Å². The van der Waals surface area contributed by atoms with Gasteiger partial charge in [-0.3, -0.25) is 0 Å². The summed E-state index contributed by atoms with van der Waals surface area (Å²) in [6.07, 6.45) is 2.65. The average molecular weight is 326 g/mol. The monoisotopic (exact) mass is 326 g/mol. The molecule has 6 heteroatoms. The summed E-state index contributed by atoms with van der Waals surface area (Å²) in [4.78, 5) is 16.2. The fourth-order valence-corrected chi connectivity index (χ4v) is 2.50. The van der Waals surface area contributed by atoms with Crippen LogP contribution in [0.1, 0.15) is 23.1 Å². The van der Waals surface area contributed by atoms with Crippen molar-refractivity contribution in [1.82, 2.24) is 10.3 Å². The number of nitrogens with one attached hydrogen (secondary N) is 3. The maximum absolute atomic E-state index is 11.9. The highest BCUT2D eigenvalue weighted by Crippen LogP contribution is 2.23. The first-order valence-corrected chi connectivity index (χ1v) is 8.11. The Morgan fingerprint density at radius 2 is 2.04 bits per heavy atom. The van der Waals surface area contributed by atoms with Gasteiger partial charge in [0.1, 0.15) is 5.82 Å². The Labute approximate surface area is 141 Å². The minimum atomic E-state index is -0.192. The first kappa shape index (κ1) is 16.3. The van der Waals surface area contributed by atoms with E-state index >= 15 is 0 Å².